The molecule has 4 aromatic rings. The number of imidazole rings is 1. The number of aryl methyl sites for hydroxylation is 1. The van der Waals surface area contributed by atoms with Gasteiger partial charge in [0.25, 0.3) is 0 Å². The van der Waals surface area contributed by atoms with Gasteiger partial charge in [-0.2, -0.15) is 15.6 Å². The summed E-state index contributed by atoms with van der Waals surface area (Å²) in [6.45, 7) is 1.75. The molecule has 1 saturated heterocycles. The summed E-state index contributed by atoms with van der Waals surface area (Å²) in [5.41, 5.74) is 3.00. The molecular weight excluding hydrogens is 382 g/mol. The molecule has 0 amide bonds. The standard InChI is InChI=1S/C20H17N9O/c1-26-17-11-23-18(15-10-24-28-6-2-13(9-22)8-16(15)28)25-19(17)29(20(26)30)14-3-5-27(12-14)7-4-21/h2,6,8,10-11,14H,3,5,7,12H2,1H3. The topological polar surface area (TPSA) is 121 Å². The molecule has 5 rings (SSSR count). The quantitative estimate of drug-likeness (QED) is 0.473. The highest BCUT2D eigenvalue weighted by atomic mass is 16.1. The predicted molar refractivity (Wildman–Crippen MR) is 107 cm³/mol. The molecule has 10 nitrogen and oxygen atoms in total. The van der Waals surface area contributed by atoms with Gasteiger partial charge in [0, 0.05) is 26.3 Å². The maximum absolute atomic E-state index is 13.0. The van der Waals surface area contributed by atoms with Gasteiger partial charge in [-0.3, -0.25) is 14.0 Å². The van der Waals surface area contributed by atoms with Crippen molar-refractivity contribution >= 4 is 16.7 Å². The first-order valence-corrected chi connectivity index (χ1v) is 9.52. The van der Waals surface area contributed by atoms with Gasteiger partial charge in [-0.05, 0) is 18.6 Å². The van der Waals surface area contributed by atoms with Crippen LogP contribution in [0, 0.1) is 22.7 Å². The molecule has 10 heteroatoms. The fraction of sp³-hybridized carbons (Fsp3) is 0.300. The van der Waals surface area contributed by atoms with Crippen LogP contribution < -0.4 is 5.69 Å². The lowest BCUT2D eigenvalue weighted by Gasteiger charge is -2.13. The molecule has 0 aromatic carbocycles. The van der Waals surface area contributed by atoms with Gasteiger partial charge >= 0.3 is 5.69 Å². The molecule has 4 aromatic heterocycles. The summed E-state index contributed by atoms with van der Waals surface area (Å²) < 4.78 is 4.93. The van der Waals surface area contributed by atoms with Gasteiger partial charge in [-0.15, -0.1) is 0 Å². The van der Waals surface area contributed by atoms with Gasteiger partial charge in [0.05, 0.1) is 53.8 Å². The molecule has 148 valence electrons. The number of fused-ring (bicyclic) bond motifs is 2. The highest BCUT2D eigenvalue weighted by Gasteiger charge is 2.28. The summed E-state index contributed by atoms with van der Waals surface area (Å²) in [4.78, 5) is 24.2. The SMILES string of the molecule is Cn1c(=O)n(C2CCN(CC#N)C2)c2nc(-c3cnn4ccc(C#N)cc34)ncc21. The first-order chi connectivity index (χ1) is 14.6. The Balaban J connectivity index is 1.66. The van der Waals surface area contributed by atoms with Crippen LogP contribution in [0.5, 0.6) is 0 Å². The lowest BCUT2D eigenvalue weighted by Crippen LogP contribution is -2.28. The van der Waals surface area contributed by atoms with Crippen LogP contribution in [0.3, 0.4) is 0 Å². The zero-order valence-electron chi connectivity index (χ0n) is 16.2. The van der Waals surface area contributed by atoms with Crippen LogP contribution in [-0.4, -0.2) is 53.3 Å². The van der Waals surface area contributed by atoms with Crippen molar-refractivity contribution in [2.75, 3.05) is 19.6 Å². The number of likely N-dealkylation sites (tertiary alicyclic amines) is 1. The van der Waals surface area contributed by atoms with Crippen LogP contribution in [0.4, 0.5) is 0 Å². The Kier molecular flexibility index (Phi) is 4.09. The molecule has 0 N–H and O–H groups in total. The van der Waals surface area contributed by atoms with Crippen LogP contribution in [0.2, 0.25) is 0 Å². The van der Waals surface area contributed by atoms with E-state index in [9.17, 15) is 10.1 Å². The van der Waals surface area contributed by atoms with Crippen LogP contribution in [-0.2, 0) is 7.05 Å². The third-order valence-electron chi connectivity index (χ3n) is 5.63. The third-order valence-corrected chi connectivity index (χ3v) is 5.63. The molecule has 1 atom stereocenters. The van der Waals surface area contributed by atoms with Gasteiger partial charge in [0.15, 0.2) is 11.5 Å². The van der Waals surface area contributed by atoms with Crippen LogP contribution in [0.25, 0.3) is 28.1 Å². The van der Waals surface area contributed by atoms with Crippen LogP contribution in [0.15, 0.2) is 35.5 Å². The molecule has 0 aliphatic carbocycles. The second-order valence-electron chi connectivity index (χ2n) is 7.37. The summed E-state index contributed by atoms with van der Waals surface area (Å²) in [6.07, 6.45) is 5.81. The maximum atomic E-state index is 13.0. The molecule has 0 bridgehead atoms. The van der Waals surface area contributed by atoms with E-state index in [0.29, 0.717) is 41.2 Å². The lowest BCUT2D eigenvalue weighted by atomic mass is 10.2. The van der Waals surface area contributed by atoms with Crippen molar-refractivity contribution in [3.05, 3.63) is 46.8 Å². The highest BCUT2D eigenvalue weighted by molar-refractivity contribution is 5.80. The van der Waals surface area contributed by atoms with Crippen molar-refractivity contribution in [1.29, 1.82) is 10.5 Å². The number of nitriles is 2. The van der Waals surface area contributed by atoms with E-state index < -0.39 is 0 Å². The first kappa shape index (κ1) is 18.0. The zero-order valence-corrected chi connectivity index (χ0v) is 16.2. The summed E-state index contributed by atoms with van der Waals surface area (Å²) in [5, 5.41) is 22.5. The summed E-state index contributed by atoms with van der Waals surface area (Å²) >= 11 is 0. The summed E-state index contributed by atoms with van der Waals surface area (Å²) in [7, 11) is 1.71. The number of hydrogen-bond donors (Lipinski definition) is 0. The van der Waals surface area contributed by atoms with Gasteiger partial charge in [-0.1, -0.05) is 0 Å². The Labute approximate surface area is 170 Å². The Morgan fingerprint density at radius 1 is 1.27 bits per heavy atom. The second-order valence-corrected chi connectivity index (χ2v) is 7.37. The van der Waals surface area contributed by atoms with E-state index in [-0.39, 0.29) is 11.7 Å². The van der Waals surface area contributed by atoms with Crippen molar-refractivity contribution in [2.45, 2.75) is 12.5 Å². The van der Waals surface area contributed by atoms with E-state index >= 15 is 0 Å². The van der Waals surface area contributed by atoms with Crippen molar-refractivity contribution in [2.24, 2.45) is 7.05 Å². The van der Waals surface area contributed by atoms with Crippen LogP contribution >= 0.6 is 0 Å². The number of nitrogens with zero attached hydrogens (tertiary/aromatic N) is 9. The number of pyridine rings is 1. The monoisotopic (exact) mass is 399 g/mol. The Morgan fingerprint density at radius 3 is 2.93 bits per heavy atom. The minimum absolute atomic E-state index is 0.0496. The number of rotatable bonds is 3. The van der Waals surface area contributed by atoms with Crippen molar-refractivity contribution in [1.82, 2.24) is 33.6 Å². The van der Waals surface area contributed by atoms with Gasteiger partial charge in [0.1, 0.15) is 5.52 Å². The number of aromatic nitrogens is 6. The van der Waals surface area contributed by atoms with Crippen molar-refractivity contribution in [3.63, 3.8) is 0 Å². The van der Waals surface area contributed by atoms with Crippen molar-refractivity contribution < 1.29 is 0 Å². The van der Waals surface area contributed by atoms with E-state index in [1.165, 1.54) is 0 Å². The van der Waals surface area contributed by atoms with E-state index in [2.05, 4.69) is 22.2 Å². The lowest BCUT2D eigenvalue weighted by molar-refractivity contribution is 0.360. The zero-order chi connectivity index (χ0) is 20.8. The van der Waals surface area contributed by atoms with Crippen LogP contribution in [0.1, 0.15) is 18.0 Å². The molecular formula is C20H17N9O. The maximum Gasteiger partial charge on any atom is 0.330 e. The molecule has 1 aliphatic rings. The molecule has 5 heterocycles. The van der Waals surface area contributed by atoms with E-state index in [1.54, 1.807) is 51.4 Å². The largest absolute Gasteiger partial charge is 0.330 e. The smallest absolute Gasteiger partial charge is 0.292 e. The molecule has 1 aliphatic heterocycles. The predicted octanol–water partition coefficient (Wildman–Crippen LogP) is 1.09. The average Bonchev–Trinajstić information content (AvgIpc) is 3.45. The summed E-state index contributed by atoms with van der Waals surface area (Å²) in [5.74, 6) is 0.443. The average molecular weight is 399 g/mol. The molecule has 1 unspecified atom stereocenters. The van der Waals surface area contributed by atoms with Crippen molar-refractivity contribution in [3.8, 4) is 23.5 Å². The van der Waals surface area contributed by atoms with Gasteiger partial charge in [-0.25, -0.2) is 19.3 Å². The molecule has 0 spiro atoms. The van der Waals surface area contributed by atoms with E-state index in [1.807, 2.05) is 4.90 Å². The molecule has 1 fully saturated rings. The minimum Gasteiger partial charge on any atom is -0.292 e. The first-order valence-electron chi connectivity index (χ1n) is 9.52. The third kappa shape index (κ3) is 2.66. The highest BCUT2D eigenvalue weighted by Crippen LogP contribution is 2.27. The molecule has 0 radical (unpaired) electrons. The number of hydrogen-bond acceptors (Lipinski definition) is 7. The van der Waals surface area contributed by atoms with Gasteiger partial charge in [0.2, 0.25) is 0 Å². The van der Waals surface area contributed by atoms with Gasteiger partial charge < -0.3 is 0 Å². The fourth-order valence-electron chi connectivity index (χ4n) is 4.08. The summed E-state index contributed by atoms with van der Waals surface area (Å²) in [6, 6.07) is 7.68. The molecule has 30 heavy (non-hydrogen) atoms. The van der Waals surface area contributed by atoms with E-state index in [0.717, 1.165) is 18.5 Å². The Bertz CT molecular complexity index is 1430. The second kappa shape index (κ2) is 6.79. The minimum atomic E-state index is -0.146. The van der Waals surface area contributed by atoms with E-state index in [4.69, 9.17) is 10.2 Å². The Morgan fingerprint density at radius 2 is 2.13 bits per heavy atom. The normalized spacial score (nSPS) is 16.8. The fourth-order valence-corrected chi connectivity index (χ4v) is 4.08. The molecule has 0 saturated carbocycles. The Hall–Kier alpha value is -4.02.